The van der Waals surface area contributed by atoms with E-state index < -0.39 is 0 Å². The molecule has 0 amide bonds. The fraction of sp³-hybridized carbons (Fsp3) is 0.909. The van der Waals surface area contributed by atoms with Gasteiger partial charge in [0.25, 0.3) is 0 Å². The molecule has 1 saturated heterocycles. The predicted molar refractivity (Wildman–Crippen MR) is 58.4 cm³/mol. The summed E-state index contributed by atoms with van der Waals surface area (Å²) >= 11 is 0. The van der Waals surface area contributed by atoms with Crippen LogP contribution in [0.5, 0.6) is 0 Å². The molecule has 1 aliphatic rings. The van der Waals surface area contributed by atoms with E-state index in [0.717, 1.165) is 32.5 Å². The van der Waals surface area contributed by atoms with Crippen molar-refractivity contribution in [3.63, 3.8) is 0 Å². The first-order valence-electron chi connectivity index (χ1n) is 5.63. The molecule has 1 heterocycles. The maximum atomic E-state index is 11.8. The Morgan fingerprint density at radius 3 is 2.29 bits per heavy atom. The van der Waals surface area contributed by atoms with E-state index in [-0.39, 0.29) is 5.54 Å². The van der Waals surface area contributed by atoms with Crippen molar-refractivity contribution in [1.29, 1.82) is 0 Å². The Morgan fingerprint density at radius 2 is 1.93 bits per heavy atom. The number of Topliss-reactive ketones (excluding diaryl/α,β-unsaturated/α-hetero) is 1. The van der Waals surface area contributed by atoms with E-state index in [1.165, 1.54) is 0 Å². The Hall–Kier alpha value is -0.410. The van der Waals surface area contributed by atoms with Gasteiger partial charge in [-0.2, -0.15) is 0 Å². The number of nitrogens with zero attached hydrogens (tertiary/aromatic N) is 1. The van der Waals surface area contributed by atoms with E-state index in [2.05, 4.69) is 17.1 Å². The van der Waals surface area contributed by atoms with Crippen molar-refractivity contribution in [2.75, 3.05) is 26.7 Å². The molecule has 0 aliphatic carbocycles. The fourth-order valence-electron chi connectivity index (χ4n) is 2.26. The van der Waals surface area contributed by atoms with Crippen molar-refractivity contribution in [3.05, 3.63) is 0 Å². The number of hydrogen-bond donors (Lipinski definition) is 1. The maximum absolute atomic E-state index is 11.8. The first-order chi connectivity index (χ1) is 6.68. The Balaban J connectivity index is 2.61. The summed E-state index contributed by atoms with van der Waals surface area (Å²) in [4.78, 5) is 14.2. The van der Waals surface area contributed by atoms with Crippen LogP contribution < -0.4 is 5.32 Å². The zero-order valence-electron chi connectivity index (χ0n) is 9.60. The Morgan fingerprint density at radius 1 is 1.36 bits per heavy atom. The highest BCUT2D eigenvalue weighted by molar-refractivity contribution is 5.88. The summed E-state index contributed by atoms with van der Waals surface area (Å²) in [6.45, 7) is 7.31. The average molecular weight is 198 g/mol. The lowest BCUT2D eigenvalue weighted by Gasteiger charge is -2.40. The number of likely N-dealkylation sites (N-methyl/N-ethyl adjacent to an activating group) is 1. The Bertz CT molecular complexity index is 195. The number of ketones is 1. The Kier molecular flexibility index (Phi) is 4.08. The molecule has 1 rings (SSSR count). The van der Waals surface area contributed by atoms with Gasteiger partial charge in [0.1, 0.15) is 0 Å². The Labute approximate surface area is 86.9 Å². The molecule has 0 aromatic heterocycles. The van der Waals surface area contributed by atoms with E-state index in [0.29, 0.717) is 12.2 Å². The van der Waals surface area contributed by atoms with Gasteiger partial charge in [0, 0.05) is 19.5 Å². The minimum absolute atomic E-state index is 0.222. The number of nitrogens with one attached hydrogen (secondary N) is 1. The largest absolute Gasteiger partial charge is 0.308 e. The zero-order chi connectivity index (χ0) is 10.6. The average Bonchev–Trinajstić information content (AvgIpc) is 2.28. The minimum atomic E-state index is -0.222. The second-order valence-electron chi connectivity index (χ2n) is 4.04. The quantitative estimate of drug-likeness (QED) is 0.732. The van der Waals surface area contributed by atoms with Crippen LogP contribution in [0.1, 0.15) is 33.1 Å². The van der Waals surface area contributed by atoms with Crippen molar-refractivity contribution in [2.45, 2.75) is 38.6 Å². The van der Waals surface area contributed by atoms with Crippen LogP contribution in [0.2, 0.25) is 0 Å². The molecule has 0 aromatic carbocycles. The van der Waals surface area contributed by atoms with Crippen molar-refractivity contribution >= 4 is 5.78 Å². The van der Waals surface area contributed by atoms with E-state index in [1.54, 1.807) is 0 Å². The standard InChI is InChI=1S/C11H22N2O/c1-4-10(14)11(12-3)6-8-13(5-2)9-7-11/h12H,4-9H2,1-3H3. The third kappa shape index (κ3) is 2.15. The van der Waals surface area contributed by atoms with Gasteiger partial charge in [0.2, 0.25) is 0 Å². The molecule has 3 nitrogen and oxygen atoms in total. The van der Waals surface area contributed by atoms with Crippen molar-refractivity contribution in [3.8, 4) is 0 Å². The fourth-order valence-corrected chi connectivity index (χ4v) is 2.26. The summed E-state index contributed by atoms with van der Waals surface area (Å²) in [5, 5.41) is 3.24. The van der Waals surface area contributed by atoms with Crippen LogP contribution in [0.25, 0.3) is 0 Å². The SMILES string of the molecule is CCC(=O)C1(NC)CCN(CC)CC1. The molecule has 0 spiro atoms. The van der Waals surface area contributed by atoms with E-state index in [4.69, 9.17) is 0 Å². The van der Waals surface area contributed by atoms with Gasteiger partial charge in [0.15, 0.2) is 5.78 Å². The molecule has 1 aliphatic heterocycles. The van der Waals surface area contributed by atoms with Crippen LogP contribution in [0, 0.1) is 0 Å². The lowest BCUT2D eigenvalue weighted by Crippen LogP contribution is -2.56. The molecule has 0 unspecified atom stereocenters. The molecule has 1 fully saturated rings. The highest BCUT2D eigenvalue weighted by atomic mass is 16.1. The van der Waals surface area contributed by atoms with E-state index in [1.807, 2.05) is 14.0 Å². The summed E-state index contributed by atoms with van der Waals surface area (Å²) in [5.41, 5.74) is -0.222. The number of piperidine rings is 1. The van der Waals surface area contributed by atoms with Crippen LogP contribution >= 0.6 is 0 Å². The normalized spacial score (nSPS) is 22.2. The van der Waals surface area contributed by atoms with Crippen LogP contribution in [0.3, 0.4) is 0 Å². The van der Waals surface area contributed by atoms with Crippen molar-refractivity contribution in [2.24, 2.45) is 0 Å². The summed E-state index contributed by atoms with van der Waals surface area (Å²) in [6.07, 6.45) is 2.57. The van der Waals surface area contributed by atoms with Gasteiger partial charge in [0.05, 0.1) is 5.54 Å². The van der Waals surface area contributed by atoms with Gasteiger partial charge >= 0.3 is 0 Å². The number of rotatable bonds is 4. The van der Waals surface area contributed by atoms with Crippen molar-refractivity contribution in [1.82, 2.24) is 10.2 Å². The molecule has 0 atom stereocenters. The van der Waals surface area contributed by atoms with Gasteiger partial charge in [-0.1, -0.05) is 13.8 Å². The lowest BCUT2D eigenvalue weighted by molar-refractivity contribution is -0.126. The van der Waals surface area contributed by atoms with Gasteiger partial charge < -0.3 is 10.2 Å². The van der Waals surface area contributed by atoms with Gasteiger partial charge in [-0.25, -0.2) is 0 Å². The molecule has 1 N–H and O–H groups in total. The van der Waals surface area contributed by atoms with Crippen molar-refractivity contribution < 1.29 is 4.79 Å². The van der Waals surface area contributed by atoms with Crippen LogP contribution in [0.4, 0.5) is 0 Å². The maximum Gasteiger partial charge on any atom is 0.152 e. The van der Waals surface area contributed by atoms with Crippen LogP contribution in [-0.2, 0) is 4.79 Å². The molecule has 14 heavy (non-hydrogen) atoms. The van der Waals surface area contributed by atoms with Gasteiger partial charge in [-0.3, -0.25) is 4.79 Å². The second kappa shape index (κ2) is 4.89. The third-order valence-corrected chi connectivity index (χ3v) is 3.49. The number of carbonyl (C=O) groups excluding carboxylic acids is 1. The third-order valence-electron chi connectivity index (χ3n) is 3.49. The smallest absolute Gasteiger partial charge is 0.152 e. The molecule has 82 valence electrons. The highest BCUT2D eigenvalue weighted by Gasteiger charge is 2.37. The molecule has 3 heteroatoms. The predicted octanol–water partition coefficient (Wildman–Crippen LogP) is 1.04. The van der Waals surface area contributed by atoms with Gasteiger partial charge in [-0.05, 0) is 26.4 Å². The number of carbonyl (C=O) groups is 1. The molecule has 0 aromatic rings. The molecule has 0 bridgehead atoms. The molecule has 0 saturated carbocycles. The lowest BCUT2D eigenvalue weighted by atomic mass is 9.82. The highest BCUT2D eigenvalue weighted by Crippen LogP contribution is 2.23. The van der Waals surface area contributed by atoms with E-state index in [9.17, 15) is 4.79 Å². The number of likely N-dealkylation sites (tertiary alicyclic amines) is 1. The summed E-state index contributed by atoms with van der Waals surface area (Å²) in [6, 6.07) is 0. The number of hydrogen-bond acceptors (Lipinski definition) is 3. The minimum Gasteiger partial charge on any atom is -0.308 e. The summed E-state index contributed by atoms with van der Waals surface area (Å²) in [7, 11) is 1.91. The topological polar surface area (TPSA) is 32.3 Å². The first-order valence-corrected chi connectivity index (χ1v) is 5.63. The van der Waals surface area contributed by atoms with Crippen LogP contribution in [0.15, 0.2) is 0 Å². The molecular weight excluding hydrogens is 176 g/mol. The van der Waals surface area contributed by atoms with Crippen LogP contribution in [-0.4, -0.2) is 42.9 Å². The monoisotopic (exact) mass is 198 g/mol. The first kappa shape index (κ1) is 11.7. The summed E-state index contributed by atoms with van der Waals surface area (Å²) in [5.74, 6) is 0.371. The molecule has 0 radical (unpaired) electrons. The van der Waals surface area contributed by atoms with E-state index >= 15 is 0 Å². The second-order valence-corrected chi connectivity index (χ2v) is 4.04. The summed E-state index contributed by atoms with van der Waals surface area (Å²) < 4.78 is 0. The zero-order valence-corrected chi connectivity index (χ0v) is 9.60. The van der Waals surface area contributed by atoms with Gasteiger partial charge in [-0.15, -0.1) is 0 Å². The molecular formula is C11H22N2O.